The van der Waals surface area contributed by atoms with Crippen LogP contribution in [0.2, 0.25) is 39.3 Å². The zero-order valence-corrected chi connectivity index (χ0v) is 16.8. The average Bonchev–Trinajstić information content (AvgIpc) is 2.19. The minimum atomic E-state index is -1.58. The van der Waals surface area contributed by atoms with E-state index in [4.69, 9.17) is 8.85 Å². The Hall–Kier alpha value is 0.0938. The molecule has 2 unspecified atom stereocenters. The average molecular weight is 315 g/mol. The Balaban J connectivity index is 2.98. The second-order valence-corrected chi connectivity index (χ2v) is 17.3. The first-order valence-electron chi connectivity index (χ1n) is 7.95. The largest absolute Gasteiger partial charge is 0.412 e. The van der Waals surface area contributed by atoms with Gasteiger partial charge in [0.15, 0.2) is 16.6 Å². The summed E-state index contributed by atoms with van der Waals surface area (Å²) in [7, 11) is -3.13. The zero-order chi connectivity index (χ0) is 15.6. The molecule has 0 saturated heterocycles. The van der Waals surface area contributed by atoms with Crippen LogP contribution in [0.1, 0.15) is 39.5 Å². The van der Waals surface area contributed by atoms with E-state index in [-0.39, 0.29) is 11.7 Å². The monoisotopic (exact) mass is 314 g/mol. The molecule has 0 fully saturated rings. The molecule has 2 nitrogen and oxygen atoms in total. The molecule has 0 amide bonds. The van der Waals surface area contributed by atoms with E-state index in [9.17, 15) is 0 Å². The highest BCUT2D eigenvalue weighted by atomic mass is 28.4. The lowest BCUT2D eigenvalue weighted by atomic mass is 9.86. The van der Waals surface area contributed by atoms with Gasteiger partial charge >= 0.3 is 0 Å². The first-order chi connectivity index (χ1) is 8.91. The molecule has 4 heteroatoms. The third-order valence-corrected chi connectivity index (χ3v) is 5.72. The van der Waals surface area contributed by atoms with Crippen molar-refractivity contribution >= 4 is 16.6 Å². The predicted molar refractivity (Wildman–Crippen MR) is 93.3 cm³/mol. The van der Waals surface area contributed by atoms with Crippen molar-refractivity contribution in [1.29, 1.82) is 0 Å². The fourth-order valence-corrected chi connectivity index (χ4v) is 5.77. The molecule has 0 aromatic rings. The van der Waals surface area contributed by atoms with Crippen LogP contribution in [-0.2, 0) is 8.85 Å². The number of hydrogen-bond donors (Lipinski definition) is 0. The molecule has 20 heavy (non-hydrogen) atoms. The molecule has 1 rings (SSSR count). The van der Waals surface area contributed by atoms with Gasteiger partial charge in [0.1, 0.15) is 0 Å². The summed E-state index contributed by atoms with van der Waals surface area (Å²) in [6.45, 7) is 18.2. The van der Waals surface area contributed by atoms with Gasteiger partial charge in [-0.25, -0.2) is 0 Å². The minimum absolute atomic E-state index is 0.125. The molecule has 0 aliphatic heterocycles. The van der Waals surface area contributed by atoms with Crippen molar-refractivity contribution in [3.8, 4) is 0 Å². The smallest absolute Gasteiger partial charge is 0.184 e. The maximum absolute atomic E-state index is 6.62. The summed E-state index contributed by atoms with van der Waals surface area (Å²) in [4.78, 5) is 0. The summed E-state index contributed by atoms with van der Waals surface area (Å²) in [6, 6.07) is 0. The van der Waals surface area contributed by atoms with Crippen molar-refractivity contribution in [2.75, 3.05) is 0 Å². The first kappa shape index (κ1) is 18.1. The van der Waals surface area contributed by atoms with Crippen molar-refractivity contribution in [3.63, 3.8) is 0 Å². The van der Waals surface area contributed by atoms with Crippen LogP contribution in [-0.4, -0.2) is 28.3 Å². The van der Waals surface area contributed by atoms with Crippen LogP contribution >= 0.6 is 0 Å². The van der Waals surface area contributed by atoms with Gasteiger partial charge in [-0.3, -0.25) is 0 Å². The lowest BCUT2D eigenvalue weighted by Gasteiger charge is -2.45. The van der Waals surface area contributed by atoms with Gasteiger partial charge < -0.3 is 8.85 Å². The highest BCUT2D eigenvalue weighted by Gasteiger charge is 2.41. The topological polar surface area (TPSA) is 18.5 Å². The minimum Gasteiger partial charge on any atom is -0.412 e. The quantitative estimate of drug-likeness (QED) is 0.515. The van der Waals surface area contributed by atoms with E-state index in [1.807, 2.05) is 0 Å². The summed E-state index contributed by atoms with van der Waals surface area (Å²) in [5, 5.41) is 0. The molecule has 0 saturated carbocycles. The van der Waals surface area contributed by atoms with E-state index in [2.05, 4.69) is 59.2 Å². The Kier molecular flexibility index (Phi) is 5.87. The van der Waals surface area contributed by atoms with E-state index in [0.717, 1.165) is 25.7 Å². The van der Waals surface area contributed by atoms with Crippen LogP contribution in [0.5, 0.6) is 0 Å². The third-order valence-electron chi connectivity index (χ3n) is 3.65. The number of hydrogen-bond acceptors (Lipinski definition) is 2. The van der Waals surface area contributed by atoms with E-state index in [1.54, 1.807) is 0 Å². The first-order valence-corrected chi connectivity index (χ1v) is 14.8. The van der Waals surface area contributed by atoms with Crippen molar-refractivity contribution in [3.05, 3.63) is 11.6 Å². The van der Waals surface area contributed by atoms with Crippen LogP contribution in [0.25, 0.3) is 0 Å². The molecule has 0 bridgehead atoms. The molecule has 2 atom stereocenters. The molecule has 1 aliphatic carbocycles. The van der Waals surface area contributed by atoms with E-state index in [1.165, 1.54) is 5.57 Å². The second-order valence-electron chi connectivity index (χ2n) is 8.37. The number of rotatable bonds is 4. The van der Waals surface area contributed by atoms with E-state index >= 15 is 0 Å². The van der Waals surface area contributed by atoms with Crippen molar-refractivity contribution in [2.24, 2.45) is 0 Å². The standard InChI is InChI=1S/C16H34O2Si2/c1-14-10-9-11-15(17-19(3,4)5)16(2,13-12-14)18-20(6,7)8/h10,15H,9,11-13H2,1-8H3/b14-10-. The van der Waals surface area contributed by atoms with Crippen LogP contribution in [0, 0.1) is 0 Å². The molecule has 1 aliphatic rings. The Morgan fingerprint density at radius 1 is 1.10 bits per heavy atom. The van der Waals surface area contributed by atoms with Crippen LogP contribution < -0.4 is 0 Å². The van der Waals surface area contributed by atoms with Crippen molar-refractivity contribution < 1.29 is 8.85 Å². The fraction of sp³-hybridized carbons (Fsp3) is 0.875. The van der Waals surface area contributed by atoms with E-state index in [0.29, 0.717) is 0 Å². The van der Waals surface area contributed by atoms with Gasteiger partial charge in [-0.1, -0.05) is 11.6 Å². The summed E-state index contributed by atoms with van der Waals surface area (Å²) < 4.78 is 13.1. The third kappa shape index (κ3) is 6.25. The predicted octanol–water partition coefficient (Wildman–Crippen LogP) is 5.34. The van der Waals surface area contributed by atoms with Gasteiger partial charge in [0.25, 0.3) is 0 Å². The Labute approximate surface area is 128 Å². The summed E-state index contributed by atoms with van der Waals surface area (Å²) in [6.07, 6.45) is 7.04. The van der Waals surface area contributed by atoms with Crippen LogP contribution in [0.3, 0.4) is 0 Å². The van der Waals surface area contributed by atoms with Gasteiger partial charge in [-0.15, -0.1) is 0 Å². The normalized spacial score (nSPS) is 32.2. The lowest BCUT2D eigenvalue weighted by Crippen LogP contribution is -2.53. The second kappa shape index (κ2) is 6.47. The molecule has 0 radical (unpaired) electrons. The van der Waals surface area contributed by atoms with E-state index < -0.39 is 16.6 Å². The highest BCUT2D eigenvalue weighted by molar-refractivity contribution is 6.70. The maximum atomic E-state index is 6.62. The van der Waals surface area contributed by atoms with Crippen LogP contribution in [0.15, 0.2) is 11.6 Å². The molecule has 0 aromatic heterocycles. The zero-order valence-electron chi connectivity index (χ0n) is 14.8. The van der Waals surface area contributed by atoms with Crippen molar-refractivity contribution in [1.82, 2.24) is 0 Å². The summed E-state index contributed by atoms with van der Waals surface area (Å²) in [5.74, 6) is 0. The van der Waals surface area contributed by atoms with Gasteiger partial charge in [0.2, 0.25) is 0 Å². The Morgan fingerprint density at radius 3 is 2.20 bits per heavy atom. The SMILES string of the molecule is C/C1=C/CCC(O[Si](C)(C)C)C(C)(O[Si](C)(C)C)CC1. The van der Waals surface area contributed by atoms with Gasteiger partial charge in [0, 0.05) is 0 Å². The molecule has 0 heterocycles. The summed E-state index contributed by atoms with van der Waals surface area (Å²) in [5.41, 5.74) is 1.38. The maximum Gasteiger partial charge on any atom is 0.184 e. The molecule has 0 spiro atoms. The molecule has 0 aromatic carbocycles. The van der Waals surface area contributed by atoms with Gasteiger partial charge in [-0.05, 0) is 78.8 Å². The molecular weight excluding hydrogens is 280 g/mol. The molecule has 0 N–H and O–H groups in total. The van der Waals surface area contributed by atoms with Crippen molar-refractivity contribution in [2.45, 2.75) is 90.5 Å². The highest BCUT2D eigenvalue weighted by Crippen LogP contribution is 2.35. The summed E-state index contributed by atoms with van der Waals surface area (Å²) >= 11 is 0. The fourth-order valence-electron chi connectivity index (χ4n) is 2.92. The lowest BCUT2D eigenvalue weighted by molar-refractivity contribution is -0.0471. The molecular formula is C16H34O2Si2. The van der Waals surface area contributed by atoms with Crippen LogP contribution in [0.4, 0.5) is 0 Å². The Morgan fingerprint density at radius 2 is 1.70 bits per heavy atom. The molecule has 118 valence electrons. The van der Waals surface area contributed by atoms with Gasteiger partial charge in [-0.2, -0.15) is 0 Å². The number of allylic oxidation sites excluding steroid dienone is 2. The van der Waals surface area contributed by atoms with Gasteiger partial charge in [0.05, 0.1) is 11.7 Å². The Bertz CT molecular complexity index is 352.